The van der Waals surface area contributed by atoms with Crippen LogP contribution >= 0.6 is 11.6 Å². The zero-order valence-electron chi connectivity index (χ0n) is 8.05. The second-order valence-corrected chi connectivity index (χ2v) is 3.25. The topological polar surface area (TPSA) is 29.3 Å². The Labute approximate surface area is 84.3 Å². The molecule has 2 nitrogen and oxygen atoms in total. The summed E-state index contributed by atoms with van der Waals surface area (Å²) < 4.78 is 0. The summed E-state index contributed by atoms with van der Waals surface area (Å²) in [5.41, 5.74) is 7.56. The Morgan fingerprint density at radius 3 is 2.46 bits per heavy atom. The first-order valence-electron chi connectivity index (χ1n) is 4.49. The van der Waals surface area contributed by atoms with Crippen LogP contribution in [0.25, 0.3) is 0 Å². The Hall–Kier alpha value is -0.890. The van der Waals surface area contributed by atoms with E-state index in [4.69, 9.17) is 17.3 Å². The average molecular weight is 199 g/mol. The van der Waals surface area contributed by atoms with Gasteiger partial charge in [0, 0.05) is 13.1 Å². The van der Waals surface area contributed by atoms with Crippen LogP contribution in [0.3, 0.4) is 0 Å². The molecule has 1 aromatic carbocycles. The summed E-state index contributed by atoms with van der Waals surface area (Å²) in [6, 6.07) is 5.73. The van der Waals surface area contributed by atoms with Crippen molar-refractivity contribution in [3.63, 3.8) is 0 Å². The van der Waals surface area contributed by atoms with E-state index in [2.05, 4.69) is 18.7 Å². The fourth-order valence-electron chi connectivity index (χ4n) is 1.37. The molecule has 0 aromatic heterocycles. The van der Waals surface area contributed by atoms with Gasteiger partial charge in [-0.2, -0.15) is 0 Å². The number of anilines is 2. The molecule has 0 aliphatic heterocycles. The number of rotatable bonds is 3. The number of nitrogens with two attached hydrogens (primary N) is 1. The van der Waals surface area contributed by atoms with Crippen LogP contribution in [-0.4, -0.2) is 13.1 Å². The molecule has 1 aromatic rings. The molecule has 0 amide bonds. The van der Waals surface area contributed by atoms with Crippen LogP contribution in [0.2, 0.25) is 5.02 Å². The summed E-state index contributed by atoms with van der Waals surface area (Å²) in [6.45, 7) is 6.09. The van der Waals surface area contributed by atoms with Gasteiger partial charge < -0.3 is 10.6 Å². The quantitative estimate of drug-likeness (QED) is 0.757. The van der Waals surface area contributed by atoms with E-state index < -0.39 is 0 Å². The second kappa shape index (κ2) is 4.38. The Kier molecular flexibility index (Phi) is 3.43. The van der Waals surface area contributed by atoms with Gasteiger partial charge in [-0.15, -0.1) is 0 Å². The molecular formula is C10H15ClN2. The first-order valence-corrected chi connectivity index (χ1v) is 4.87. The molecule has 13 heavy (non-hydrogen) atoms. The van der Waals surface area contributed by atoms with E-state index in [9.17, 15) is 0 Å². The Balaban J connectivity index is 3.05. The van der Waals surface area contributed by atoms with E-state index in [-0.39, 0.29) is 0 Å². The number of nitrogen functional groups attached to an aromatic ring is 1. The van der Waals surface area contributed by atoms with Gasteiger partial charge in [0.05, 0.1) is 16.4 Å². The van der Waals surface area contributed by atoms with Gasteiger partial charge in [0.15, 0.2) is 0 Å². The largest absolute Gasteiger partial charge is 0.396 e. The predicted octanol–water partition coefficient (Wildman–Crippen LogP) is 2.77. The zero-order chi connectivity index (χ0) is 9.84. The van der Waals surface area contributed by atoms with Crippen LogP contribution in [0.4, 0.5) is 11.4 Å². The van der Waals surface area contributed by atoms with Gasteiger partial charge in [-0.3, -0.25) is 0 Å². The molecule has 1 rings (SSSR count). The zero-order valence-corrected chi connectivity index (χ0v) is 8.80. The first kappa shape index (κ1) is 10.2. The number of hydrogen-bond donors (Lipinski definition) is 1. The minimum Gasteiger partial charge on any atom is -0.396 e. The van der Waals surface area contributed by atoms with Gasteiger partial charge in [0.25, 0.3) is 0 Å². The van der Waals surface area contributed by atoms with Crippen LogP contribution in [-0.2, 0) is 0 Å². The fourth-order valence-corrected chi connectivity index (χ4v) is 1.54. The highest BCUT2D eigenvalue weighted by Crippen LogP contribution is 2.29. The molecule has 0 spiro atoms. The Bertz CT molecular complexity index is 282. The predicted molar refractivity (Wildman–Crippen MR) is 59.4 cm³/mol. The van der Waals surface area contributed by atoms with Crippen molar-refractivity contribution in [2.75, 3.05) is 23.7 Å². The molecule has 0 aliphatic rings. The summed E-state index contributed by atoms with van der Waals surface area (Å²) in [5, 5.41) is 0.629. The molecule has 0 atom stereocenters. The third-order valence-corrected chi connectivity index (χ3v) is 2.46. The molecule has 72 valence electrons. The standard InChI is InChI=1S/C10H15ClN2/c1-3-13(4-2)9-7-5-6-8(11)10(9)12/h5-7H,3-4,12H2,1-2H3. The van der Waals surface area contributed by atoms with Gasteiger partial charge in [-0.25, -0.2) is 0 Å². The number of benzene rings is 1. The van der Waals surface area contributed by atoms with Crippen molar-refractivity contribution >= 4 is 23.0 Å². The highest BCUT2D eigenvalue weighted by molar-refractivity contribution is 6.33. The maximum Gasteiger partial charge on any atom is 0.0741 e. The lowest BCUT2D eigenvalue weighted by Crippen LogP contribution is -2.22. The third-order valence-electron chi connectivity index (χ3n) is 2.13. The van der Waals surface area contributed by atoms with Gasteiger partial charge >= 0.3 is 0 Å². The highest BCUT2D eigenvalue weighted by Gasteiger charge is 2.07. The third kappa shape index (κ3) is 2.07. The average Bonchev–Trinajstić information content (AvgIpc) is 2.14. The van der Waals surface area contributed by atoms with Gasteiger partial charge in [0.1, 0.15) is 0 Å². The molecule has 0 aliphatic carbocycles. The molecule has 0 saturated carbocycles. The minimum absolute atomic E-state index is 0.629. The molecule has 3 heteroatoms. The van der Waals surface area contributed by atoms with Crippen molar-refractivity contribution in [2.24, 2.45) is 0 Å². The lowest BCUT2D eigenvalue weighted by atomic mass is 10.2. The highest BCUT2D eigenvalue weighted by atomic mass is 35.5. The molecule has 0 heterocycles. The van der Waals surface area contributed by atoms with E-state index in [1.165, 1.54) is 0 Å². The molecule has 0 fully saturated rings. The van der Waals surface area contributed by atoms with Crippen LogP contribution in [0.1, 0.15) is 13.8 Å². The number of nitrogens with zero attached hydrogens (tertiary/aromatic N) is 1. The minimum atomic E-state index is 0.629. The molecule has 0 radical (unpaired) electrons. The van der Waals surface area contributed by atoms with E-state index >= 15 is 0 Å². The normalized spacial score (nSPS) is 10.1. The van der Waals surface area contributed by atoms with Crippen LogP contribution in [0.5, 0.6) is 0 Å². The SMILES string of the molecule is CCN(CC)c1cccc(Cl)c1N. The summed E-state index contributed by atoms with van der Waals surface area (Å²) >= 11 is 5.92. The molecule has 0 saturated heterocycles. The Morgan fingerprint density at radius 1 is 1.31 bits per heavy atom. The summed E-state index contributed by atoms with van der Waals surface area (Å²) in [7, 11) is 0. The molecular weight excluding hydrogens is 184 g/mol. The first-order chi connectivity index (χ1) is 6.20. The summed E-state index contributed by atoms with van der Waals surface area (Å²) in [4.78, 5) is 2.18. The molecule has 0 bridgehead atoms. The lowest BCUT2D eigenvalue weighted by Gasteiger charge is -2.22. The van der Waals surface area contributed by atoms with Gasteiger partial charge in [-0.1, -0.05) is 17.7 Å². The second-order valence-electron chi connectivity index (χ2n) is 2.84. The van der Waals surface area contributed by atoms with Crippen LogP contribution < -0.4 is 10.6 Å². The lowest BCUT2D eigenvalue weighted by molar-refractivity contribution is 0.868. The summed E-state index contributed by atoms with van der Waals surface area (Å²) in [5.74, 6) is 0. The Morgan fingerprint density at radius 2 is 1.92 bits per heavy atom. The number of hydrogen-bond acceptors (Lipinski definition) is 2. The maximum absolute atomic E-state index is 5.92. The van der Waals surface area contributed by atoms with Crippen molar-refractivity contribution in [2.45, 2.75) is 13.8 Å². The van der Waals surface area contributed by atoms with E-state index in [1.807, 2.05) is 18.2 Å². The van der Waals surface area contributed by atoms with Crippen molar-refractivity contribution in [1.29, 1.82) is 0 Å². The van der Waals surface area contributed by atoms with Gasteiger partial charge in [0.2, 0.25) is 0 Å². The van der Waals surface area contributed by atoms with E-state index in [1.54, 1.807) is 0 Å². The smallest absolute Gasteiger partial charge is 0.0741 e. The van der Waals surface area contributed by atoms with E-state index in [0.29, 0.717) is 10.7 Å². The fraction of sp³-hybridized carbons (Fsp3) is 0.400. The van der Waals surface area contributed by atoms with Crippen molar-refractivity contribution in [3.05, 3.63) is 23.2 Å². The van der Waals surface area contributed by atoms with Crippen LogP contribution in [0, 0.1) is 0 Å². The number of para-hydroxylation sites is 1. The summed E-state index contributed by atoms with van der Waals surface area (Å²) in [6.07, 6.45) is 0. The van der Waals surface area contributed by atoms with Crippen molar-refractivity contribution in [1.82, 2.24) is 0 Å². The maximum atomic E-state index is 5.92. The van der Waals surface area contributed by atoms with Gasteiger partial charge in [-0.05, 0) is 26.0 Å². The molecule has 0 unspecified atom stereocenters. The van der Waals surface area contributed by atoms with Crippen molar-refractivity contribution in [3.8, 4) is 0 Å². The van der Waals surface area contributed by atoms with E-state index in [0.717, 1.165) is 18.8 Å². The molecule has 2 N–H and O–H groups in total. The monoisotopic (exact) mass is 198 g/mol. The van der Waals surface area contributed by atoms with Crippen LogP contribution in [0.15, 0.2) is 18.2 Å². The van der Waals surface area contributed by atoms with Crippen molar-refractivity contribution < 1.29 is 0 Å². The number of halogens is 1.